The molecule has 0 saturated heterocycles. The Kier molecular flexibility index (Phi) is 17.1. The van der Waals surface area contributed by atoms with Crippen molar-refractivity contribution in [2.45, 2.75) is 111 Å². The second-order valence-electron chi connectivity index (χ2n) is 9.78. The first-order valence-electron chi connectivity index (χ1n) is 12.9. The summed E-state index contributed by atoms with van der Waals surface area (Å²) in [5.74, 6) is -8.20. The standard InChI is InChI=1S/C26H46O8/c1-4-6-8-9-12-19(11-7-5-2)13-10-14-21(25(31)32)23(26(33)34)18(3)15-16-20(24(29)30)17-22(27)28/h18-21,23H,4-17H2,1-3H3,(H,27,28)(H,29,30)(H,31,32)(H,33,34). The molecule has 0 aliphatic heterocycles. The lowest BCUT2D eigenvalue weighted by Crippen LogP contribution is -2.35. The van der Waals surface area contributed by atoms with Crippen LogP contribution in [0.1, 0.15) is 111 Å². The fraction of sp³-hybridized carbons (Fsp3) is 0.846. The van der Waals surface area contributed by atoms with E-state index in [1.807, 2.05) is 0 Å². The second kappa shape index (κ2) is 18.2. The Morgan fingerprint density at radius 3 is 1.71 bits per heavy atom. The summed E-state index contributed by atoms with van der Waals surface area (Å²) in [4.78, 5) is 46.2. The number of carboxylic acid groups (broad SMARTS) is 4. The zero-order valence-electron chi connectivity index (χ0n) is 21.2. The van der Waals surface area contributed by atoms with Gasteiger partial charge >= 0.3 is 23.9 Å². The van der Waals surface area contributed by atoms with Crippen LogP contribution in [0.2, 0.25) is 0 Å². The van der Waals surface area contributed by atoms with E-state index in [4.69, 9.17) is 5.11 Å². The second-order valence-corrected chi connectivity index (χ2v) is 9.78. The van der Waals surface area contributed by atoms with Gasteiger partial charge in [-0.25, -0.2) is 0 Å². The third kappa shape index (κ3) is 13.6. The summed E-state index contributed by atoms with van der Waals surface area (Å²) in [6, 6.07) is 0. The van der Waals surface area contributed by atoms with Gasteiger partial charge in [0.15, 0.2) is 0 Å². The van der Waals surface area contributed by atoms with Gasteiger partial charge in [0.05, 0.1) is 24.2 Å². The fourth-order valence-electron chi connectivity index (χ4n) is 4.85. The molecule has 34 heavy (non-hydrogen) atoms. The van der Waals surface area contributed by atoms with Gasteiger partial charge in [-0.1, -0.05) is 85.0 Å². The summed E-state index contributed by atoms with van der Waals surface area (Å²) in [7, 11) is 0. The summed E-state index contributed by atoms with van der Waals surface area (Å²) in [6.07, 6.45) is 10.6. The molecule has 5 unspecified atom stereocenters. The highest BCUT2D eigenvalue weighted by atomic mass is 16.4. The van der Waals surface area contributed by atoms with Gasteiger partial charge in [0.2, 0.25) is 0 Å². The maximum absolute atomic E-state index is 12.0. The fourth-order valence-corrected chi connectivity index (χ4v) is 4.85. The van der Waals surface area contributed by atoms with Gasteiger partial charge in [-0.05, 0) is 31.1 Å². The molecule has 5 atom stereocenters. The highest BCUT2D eigenvalue weighted by molar-refractivity contribution is 5.80. The topological polar surface area (TPSA) is 149 Å². The van der Waals surface area contributed by atoms with Crippen LogP contribution in [0.15, 0.2) is 0 Å². The number of carboxylic acids is 4. The Labute approximate surface area is 204 Å². The molecule has 198 valence electrons. The average Bonchev–Trinajstić information content (AvgIpc) is 2.75. The molecule has 0 rings (SSSR count). The molecule has 0 aliphatic carbocycles. The molecule has 8 nitrogen and oxygen atoms in total. The van der Waals surface area contributed by atoms with Crippen LogP contribution in [0, 0.1) is 29.6 Å². The SMILES string of the molecule is CCCCCCC(CCCC)CCCC(C(=O)O)C(C(=O)O)C(C)CCC(CC(=O)O)C(=O)O. The van der Waals surface area contributed by atoms with E-state index in [9.17, 15) is 34.5 Å². The van der Waals surface area contributed by atoms with Crippen LogP contribution in [-0.4, -0.2) is 44.3 Å². The first-order chi connectivity index (χ1) is 16.0. The van der Waals surface area contributed by atoms with Gasteiger partial charge in [0.1, 0.15) is 0 Å². The predicted octanol–water partition coefficient (Wildman–Crippen LogP) is 5.93. The van der Waals surface area contributed by atoms with E-state index in [1.165, 1.54) is 25.7 Å². The van der Waals surface area contributed by atoms with Gasteiger partial charge in [0.25, 0.3) is 0 Å². The first-order valence-corrected chi connectivity index (χ1v) is 12.9. The molecule has 0 aromatic carbocycles. The number of unbranched alkanes of at least 4 members (excludes halogenated alkanes) is 4. The van der Waals surface area contributed by atoms with E-state index in [2.05, 4.69) is 13.8 Å². The van der Waals surface area contributed by atoms with Crippen LogP contribution < -0.4 is 0 Å². The van der Waals surface area contributed by atoms with Crippen LogP contribution in [-0.2, 0) is 19.2 Å². The van der Waals surface area contributed by atoms with E-state index >= 15 is 0 Å². The molecule has 4 N–H and O–H groups in total. The molecule has 0 heterocycles. The minimum atomic E-state index is -1.24. The lowest BCUT2D eigenvalue weighted by atomic mass is 9.76. The number of hydrogen-bond acceptors (Lipinski definition) is 4. The lowest BCUT2D eigenvalue weighted by molar-refractivity contribution is -0.156. The molecular formula is C26H46O8. The van der Waals surface area contributed by atoms with Gasteiger partial charge in [-0.2, -0.15) is 0 Å². The molecule has 8 heteroatoms. The number of hydrogen-bond donors (Lipinski definition) is 4. The Balaban J connectivity index is 5.09. The van der Waals surface area contributed by atoms with E-state index in [1.54, 1.807) is 6.92 Å². The van der Waals surface area contributed by atoms with Crippen molar-refractivity contribution in [3.63, 3.8) is 0 Å². The van der Waals surface area contributed by atoms with Gasteiger partial charge in [0, 0.05) is 0 Å². The van der Waals surface area contributed by atoms with Crippen molar-refractivity contribution in [1.82, 2.24) is 0 Å². The predicted molar refractivity (Wildman–Crippen MR) is 130 cm³/mol. The van der Waals surface area contributed by atoms with E-state index in [0.29, 0.717) is 12.3 Å². The zero-order valence-corrected chi connectivity index (χ0v) is 21.2. The third-order valence-corrected chi connectivity index (χ3v) is 6.95. The Hall–Kier alpha value is -2.12. The Morgan fingerprint density at radius 2 is 1.21 bits per heavy atom. The summed E-state index contributed by atoms with van der Waals surface area (Å²) in [6.45, 7) is 5.94. The van der Waals surface area contributed by atoms with Crippen molar-refractivity contribution in [2.24, 2.45) is 29.6 Å². The summed E-state index contributed by atoms with van der Waals surface area (Å²) in [5.41, 5.74) is 0. The summed E-state index contributed by atoms with van der Waals surface area (Å²) < 4.78 is 0. The average molecular weight is 487 g/mol. The van der Waals surface area contributed by atoms with Crippen LogP contribution in [0.25, 0.3) is 0 Å². The van der Waals surface area contributed by atoms with Crippen LogP contribution >= 0.6 is 0 Å². The first kappa shape index (κ1) is 31.9. The van der Waals surface area contributed by atoms with Crippen LogP contribution in [0.3, 0.4) is 0 Å². The third-order valence-electron chi connectivity index (χ3n) is 6.95. The highest BCUT2D eigenvalue weighted by Gasteiger charge is 2.38. The van der Waals surface area contributed by atoms with E-state index in [-0.39, 0.29) is 19.3 Å². The largest absolute Gasteiger partial charge is 0.481 e. The maximum Gasteiger partial charge on any atom is 0.307 e. The summed E-state index contributed by atoms with van der Waals surface area (Å²) in [5, 5.41) is 37.7. The molecule has 0 fully saturated rings. The lowest BCUT2D eigenvalue weighted by Gasteiger charge is -2.27. The summed E-state index contributed by atoms with van der Waals surface area (Å²) >= 11 is 0. The molecule has 0 aromatic rings. The van der Waals surface area contributed by atoms with Gasteiger partial charge in [-0.15, -0.1) is 0 Å². The van der Waals surface area contributed by atoms with Crippen molar-refractivity contribution < 1.29 is 39.6 Å². The molecule has 0 aromatic heterocycles. The van der Waals surface area contributed by atoms with E-state index in [0.717, 1.165) is 32.1 Å². The van der Waals surface area contributed by atoms with Crippen molar-refractivity contribution >= 4 is 23.9 Å². The monoisotopic (exact) mass is 486 g/mol. The van der Waals surface area contributed by atoms with E-state index < -0.39 is 54.0 Å². The van der Waals surface area contributed by atoms with Gasteiger partial charge < -0.3 is 20.4 Å². The molecular weight excluding hydrogens is 440 g/mol. The molecule has 0 bridgehead atoms. The van der Waals surface area contributed by atoms with Gasteiger partial charge in [-0.3, -0.25) is 19.2 Å². The minimum absolute atomic E-state index is 0.00420. The molecule has 0 radical (unpaired) electrons. The van der Waals surface area contributed by atoms with Crippen molar-refractivity contribution in [1.29, 1.82) is 0 Å². The quantitative estimate of drug-likeness (QED) is 0.138. The van der Waals surface area contributed by atoms with Crippen LogP contribution in [0.5, 0.6) is 0 Å². The Morgan fingerprint density at radius 1 is 0.618 bits per heavy atom. The smallest absolute Gasteiger partial charge is 0.307 e. The van der Waals surface area contributed by atoms with Crippen LogP contribution in [0.4, 0.5) is 0 Å². The van der Waals surface area contributed by atoms with Crippen molar-refractivity contribution in [3.05, 3.63) is 0 Å². The molecule has 0 aliphatic rings. The zero-order chi connectivity index (χ0) is 26.1. The van der Waals surface area contributed by atoms with Crippen molar-refractivity contribution in [3.8, 4) is 0 Å². The van der Waals surface area contributed by atoms with Crippen molar-refractivity contribution in [2.75, 3.05) is 0 Å². The minimum Gasteiger partial charge on any atom is -0.481 e. The Bertz CT molecular complexity index is 618. The molecule has 0 amide bonds. The molecule has 0 saturated carbocycles. The normalized spacial score (nSPS) is 15.7. The highest BCUT2D eigenvalue weighted by Crippen LogP contribution is 2.32. The number of aliphatic carboxylic acids is 4. The number of carbonyl (C=O) groups is 4. The molecule has 0 spiro atoms. The number of rotatable bonds is 22. The maximum atomic E-state index is 12.0.